The fraction of sp³-hybridized carbons (Fsp3) is 0.846. The summed E-state index contributed by atoms with van der Waals surface area (Å²) in [7, 11) is 0. The molecule has 1 saturated carbocycles. The van der Waals surface area contributed by atoms with Gasteiger partial charge in [-0.15, -0.1) is 0 Å². The van der Waals surface area contributed by atoms with E-state index in [0.717, 1.165) is 0 Å². The van der Waals surface area contributed by atoms with Crippen LogP contribution < -0.4 is 10.6 Å². The van der Waals surface area contributed by atoms with Crippen LogP contribution in [0.5, 0.6) is 0 Å². The highest BCUT2D eigenvalue weighted by atomic mass is 19.4. The number of carbonyl (C=O) groups excluding carboxylic acids is 2. The first-order valence-corrected chi connectivity index (χ1v) is 6.70. The van der Waals surface area contributed by atoms with E-state index in [1.54, 1.807) is 20.8 Å². The summed E-state index contributed by atoms with van der Waals surface area (Å²) in [6, 6.07) is 0. The lowest BCUT2D eigenvalue weighted by atomic mass is 9.94. The molecule has 1 aliphatic rings. The molecule has 122 valence electrons. The van der Waals surface area contributed by atoms with Crippen LogP contribution in [0, 0.1) is 5.92 Å². The number of hydrogen-bond acceptors (Lipinski definition) is 3. The number of carbonyl (C=O) groups is 2. The number of halogens is 3. The average Bonchev–Trinajstić information content (AvgIpc) is 3.05. The molecule has 1 aliphatic carbocycles. The number of hydrogen-bond donors (Lipinski definition) is 2. The third-order valence-corrected chi connectivity index (χ3v) is 3.08. The molecule has 1 atom stereocenters. The molecule has 0 radical (unpaired) electrons. The van der Waals surface area contributed by atoms with Crippen molar-refractivity contribution in [2.24, 2.45) is 5.92 Å². The van der Waals surface area contributed by atoms with Gasteiger partial charge in [-0.1, -0.05) is 0 Å². The number of ether oxygens (including phenoxy) is 1. The maximum Gasteiger partial charge on any atom is 0.408 e. The largest absolute Gasteiger partial charge is 0.444 e. The van der Waals surface area contributed by atoms with Crippen molar-refractivity contribution in [1.29, 1.82) is 0 Å². The lowest BCUT2D eigenvalue weighted by Gasteiger charge is -2.31. The molecule has 0 saturated heterocycles. The summed E-state index contributed by atoms with van der Waals surface area (Å²) in [4.78, 5) is 23.8. The highest BCUT2D eigenvalue weighted by molar-refractivity contribution is 5.90. The lowest BCUT2D eigenvalue weighted by Crippen LogP contribution is -2.60. The first-order chi connectivity index (χ1) is 9.33. The maximum absolute atomic E-state index is 12.2. The summed E-state index contributed by atoms with van der Waals surface area (Å²) >= 11 is 0. The van der Waals surface area contributed by atoms with Crippen molar-refractivity contribution in [1.82, 2.24) is 10.6 Å². The van der Waals surface area contributed by atoms with E-state index in [1.807, 2.05) is 5.32 Å². The molecule has 0 aromatic carbocycles. The van der Waals surface area contributed by atoms with Crippen LogP contribution in [0.2, 0.25) is 0 Å². The van der Waals surface area contributed by atoms with Crippen molar-refractivity contribution in [2.45, 2.75) is 57.9 Å². The Morgan fingerprint density at radius 2 is 1.67 bits per heavy atom. The Labute approximate surface area is 121 Å². The molecule has 5 nitrogen and oxygen atoms in total. The predicted molar refractivity (Wildman–Crippen MR) is 69.6 cm³/mol. The van der Waals surface area contributed by atoms with Crippen molar-refractivity contribution in [2.75, 3.05) is 6.54 Å². The smallest absolute Gasteiger partial charge is 0.408 e. The number of alkyl halides is 3. The Kier molecular flexibility index (Phi) is 4.80. The topological polar surface area (TPSA) is 67.4 Å². The average molecular weight is 310 g/mol. The molecular weight excluding hydrogens is 289 g/mol. The number of amides is 2. The SMILES string of the molecule is CC(C)(C)OC(=O)N[C@@](C)(C(=O)NCC(F)(F)F)C1CC1. The van der Waals surface area contributed by atoms with E-state index in [-0.39, 0.29) is 5.92 Å². The van der Waals surface area contributed by atoms with Crippen molar-refractivity contribution >= 4 is 12.0 Å². The summed E-state index contributed by atoms with van der Waals surface area (Å²) in [5, 5.41) is 4.23. The van der Waals surface area contributed by atoms with Crippen LogP contribution in [-0.4, -0.2) is 35.9 Å². The van der Waals surface area contributed by atoms with Crippen molar-refractivity contribution in [3.63, 3.8) is 0 Å². The van der Waals surface area contributed by atoms with Gasteiger partial charge in [0.1, 0.15) is 17.7 Å². The Hall–Kier alpha value is -1.47. The van der Waals surface area contributed by atoms with Gasteiger partial charge in [-0.3, -0.25) is 4.79 Å². The van der Waals surface area contributed by atoms with Gasteiger partial charge in [-0.05, 0) is 46.5 Å². The highest BCUT2D eigenvalue weighted by Gasteiger charge is 2.49. The number of alkyl carbamates (subject to hydrolysis) is 1. The Morgan fingerprint density at radius 3 is 2.05 bits per heavy atom. The fourth-order valence-corrected chi connectivity index (χ4v) is 1.88. The van der Waals surface area contributed by atoms with Crippen molar-refractivity contribution < 1.29 is 27.5 Å². The first-order valence-electron chi connectivity index (χ1n) is 6.70. The van der Waals surface area contributed by atoms with Gasteiger partial charge in [-0.2, -0.15) is 13.2 Å². The summed E-state index contributed by atoms with van der Waals surface area (Å²) in [6.07, 6.45) is -3.97. The Balaban J connectivity index is 2.70. The second-order valence-electron chi connectivity index (χ2n) is 6.40. The normalized spacial score (nSPS) is 18.6. The van der Waals surface area contributed by atoms with Crippen LogP contribution >= 0.6 is 0 Å². The van der Waals surface area contributed by atoms with Crippen LogP contribution in [0.25, 0.3) is 0 Å². The molecule has 0 heterocycles. The molecule has 2 amide bonds. The zero-order valence-corrected chi connectivity index (χ0v) is 12.6. The van der Waals surface area contributed by atoms with Gasteiger partial charge in [0.15, 0.2) is 0 Å². The Morgan fingerprint density at radius 1 is 1.14 bits per heavy atom. The van der Waals surface area contributed by atoms with Crippen LogP contribution in [-0.2, 0) is 9.53 Å². The van der Waals surface area contributed by atoms with Gasteiger partial charge in [0.25, 0.3) is 0 Å². The minimum atomic E-state index is -4.49. The summed E-state index contributed by atoms with van der Waals surface area (Å²) in [5.74, 6) is -1.04. The van der Waals surface area contributed by atoms with Gasteiger partial charge in [0, 0.05) is 0 Å². The van der Waals surface area contributed by atoms with Crippen LogP contribution in [0.1, 0.15) is 40.5 Å². The predicted octanol–water partition coefficient (Wildman–Crippen LogP) is 2.36. The third kappa shape index (κ3) is 5.81. The molecule has 8 heteroatoms. The van der Waals surface area contributed by atoms with Gasteiger partial charge in [-0.25, -0.2) is 4.79 Å². The van der Waals surface area contributed by atoms with Crippen LogP contribution in [0.15, 0.2) is 0 Å². The van der Waals surface area contributed by atoms with E-state index >= 15 is 0 Å². The molecule has 1 rings (SSSR count). The van der Waals surface area contributed by atoms with E-state index in [9.17, 15) is 22.8 Å². The second-order valence-corrected chi connectivity index (χ2v) is 6.40. The molecule has 0 unspecified atom stereocenters. The summed E-state index contributed by atoms with van der Waals surface area (Å²) in [6.45, 7) is 4.96. The standard InChI is InChI=1S/C13H21F3N2O3/c1-11(2,3)21-10(20)18-12(4,8-5-6-8)9(19)17-7-13(14,15)16/h8H,5-7H2,1-4H3,(H,17,19)(H,18,20)/t12-/m1/s1. The van der Waals surface area contributed by atoms with Gasteiger partial charge >= 0.3 is 12.3 Å². The van der Waals surface area contributed by atoms with E-state index in [4.69, 9.17) is 4.74 Å². The monoisotopic (exact) mass is 310 g/mol. The van der Waals surface area contributed by atoms with E-state index in [2.05, 4.69) is 5.32 Å². The summed E-state index contributed by atoms with van der Waals surface area (Å²) in [5.41, 5.74) is -2.15. The minimum absolute atomic E-state index is 0.182. The zero-order chi connectivity index (χ0) is 16.5. The second kappa shape index (κ2) is 5.73. The number of nitrogens with one attached hydrogen (secondary N) is 2. The quantitative estimate of drug-likeness (QED) is 0.837. The van der Waals surface area contributed by atoms with Crippen LogP contribution in [0.3, 0.4) is 0 Å². The first kappa shape index (κ1) is 17.6. The van der Waals surface area contributed by atoms with Gasteiger partial charge in [0.05, 0.1) is 0 Å². The van der Waals surface area contributed by atoms with Gasteiger partial charge < -0.3 is 15.4 Å². The highest BCUT2D eigenvalue weighted by Crippen LogP contribution is 2.40. The Bertz CT molecular complexity index is 414. The molecule has 0 aliphatic heterocycles. The molecule has 0 aromatic heterocycles. The molecule has 0 spiro atoms. The molecule has 0 bridgehead atoms. The third-order valence-electron chi connectivity index (χ3n) is 3.08. The fourth-order valence-electron chi connectivity index (χ4n) is 1.88. The maximum atomic E-state index is 12.2. The van der Waals surface area contributed by atoms with E-state index in [1.165, 1.54) is 6.92 Å². The zero-order valence-electron chi connectivity index (χ0n) is 12.6. The van der Waals surface area contributed by atoms with E-state index < -0.39 is 35.9 Å². The molecule has 2 N–H and O–H groups in total. The molecular formula is C13H21F3N2O3. The number of rotatable bonds is 4. The summed E-state index contributed by atoms with van der Waals surface area (Å²) < 4.78 is 41.6. The van der Waals surface area contributed by atoms with Gasteiger partial charge in [0.2, 0.25) is 5.91 Å². The molecule has 1 fully saturated rings. The van der Waals surface area contributed by atoms with Crippen molar-refractivity contribution in [3.05, 3.63) is 0 Å². The van der Waals surface area contributed by atoms with E-state index in [0.29, 0.717) is 12.8 Å². The lowest BCUT2D eigenvalue weighted by molar-refractivity contribution is -0.142. The van der Waals surface area contributed by atoms with Crippen molar-refractivity contribution in [3.8, 4) is 0 Å². The van der Waals surface area contributed by atoms with Crippen LogP contribution in [0.4, 0.5) is 18.0 Å². The molecule has 0 aromatic rings. The minimum Gasteiger partial charge on any atom is -0.444 e. The molecule has 21 heavy (non-hydrogen) atoms.